The zero-order valence-corrected chi connectivity index (χ0v) is 14.1. The summed E-state index contributed by atoms with van der Waals surface area (Å²) in [5.41, 5.74) is 1.64. The number of benzene rings is 1. The Morgan fingerprint density at radius 2 is 1.83 bits per heavy atom. The lowest BCUT2D eigenvalue weighted by molar-refractivity contribution is 0.483. The van der Waals surface area contributed by atoms with Crippen LogP contribution in [0.4, 0.5) is 0 Å². The maximum atomic E-state index is 12.4. The smallest absolute Gasteiger partial charge is 0.261 e. The number of hydrogen-bond donors (Lipinski definition) is 2. The van der Waals surface area contributed by atoms with Gasteiger partial charge in [0.1, 0.15) is 14.9 Å². The third-order valence-corrected chi connectivity index (χ3v) is 5.82. The number of nitrogens with one attached hydrogen (secondary N) is 1. The Labute approximate surface area is 144 Å². The summed E-state index contributed by atoms with van der Waals surface area (Å²) in [6.45, 7) is 0. The minimum atomic E-state index is -0.310. The molecule has 4 rings (SSSR count). The van der Waals surface area contributed by atoms with Crippen molar-refractivity contribution in [2.24, 2.45) is 0 Å². The Balaban J connectivity index is 2.12. The largest absolute Gasteiger partial charge is 0.506 e. The zero-order chi connectivity index (χ0) is 16.0. The molecule has 4 aromatic rings. The van der Waals surface area contributed by atoms with Gasteiger partial charge in [0, 0.05) is 10.4 Å². The highest BCUT2D eigenvalue weighted by atomic mass is 35.5. The van der Waals surface area contributed by atoms with Crippen LogP contribution in [0, 0.1) is 0 Å². The molecule has 0 amide bonds. The maximum absolute atomic E-state index is 12.4. The van der Waals surface area contributed by atoms with Gasteiger partial charge in [0.05, 0.1) is 10.9 Å². The first kappa shape index (κ1) is 14.5. The van der Waals surface area contributed by atoms with E-state index >= 15 is 0 Å². The van der Waals surface area contributed by atoms with Crippen molar-refractivity contribution in [3.63, 3.8) is 0 Å². The second kappa shape index (κ2) is 5.53. The van der Waals surface area contributed by atoms with E-state index in [9.17, 15) is 9.90 Å². The fourth-order valence-corrected chi connectivity index (χ4v) is 4.78. The fraction of sp³-hybridized carbons (Fsp3) is 0. The first-order valence-electron chi connectivity index (χ1n) is 6.83. The van der Waals surface area contributed by atoms with E-state index in [1.165, 1.54) is 22.7 Å². The molecule has 0 unspecified atom stereocenters. The standard InChI is InChI=1S/C17H10ClNO2S2/c18-15-11(9-5-2-1-3-6-9)13-14(20)12(10-7-4-8-22-10)16(21)19-17(13)23-15/h1-8H,(H2,19,20,21). The lowest BCUT2D eigenvalue weighted by Crippen LogP contribution is -2.07. The molecular weight excluding hydrogens is 350 g/mol. The molecular formula is C17H10ClNO2S2. The number of rotatable bonds is 2. The molecule has 23 heavy (non-hydrogen) atoms. The highest BCUT2D eigenvalue weighted by molar-refractivity contribution is 7.23. The lowest BCUT2D eigenvalue weighted by Gasteiger charge is -2.06. The summed E-state index contributed by atoms with van der Waals surface area (Å²) in [6, 6.07) is 13.3. The van der Waals surface area contributed by atoms with Gasteiger partial charge in [-0.3, -0.25) is 4.79 Å². The Morgan fingerprint density at radius 1 is 1.04 bits per heavy atom. The zero-order valence-electron chi connectivity index (χ0n) is 11.7. The summed E-state index contributed by atoms with van der Waals surface area (Å²) in [5.74, 6) is -0.0202. The van der Waals surface area contributed by atoms with Crippen molar-refractivity contribution in [3.8, 4) is 27.3 Å². The van der Waals surface area contributed by atoms with E-state index in [0.29, 0.717) is 20.1 Å². The SMILES string of the molecule is O=c1[nH]c2sc(Cl)c(-c3ccccc3)c2c(O)c1-c1cccs1. The van der Waals surface area contributed by atoms with Crippen molar-refractivity contribution >= 4 is 44.5 Å². The van der Waals surface area contributed by atoms with Gasteiger partial charge in [-0.1, -0.05) is 48.0 Å². The van der Waals surface area contributed by atoms with Crippen molar-refractivity contribution in [2.75, 3.05) is 0 Å². The van der Waals surface area contributed by atoms with Crippen LogP contribution in [0.25, 0.3) is 31.8 Å². The fourth-order valence-electron chi connectivity index (χ4n) is 2.63. The van der Waals surface area contributed by atoms with Gasteiger partial charge in [-0.15, -0.1) is 22.7 Å². The van der Waals surface area contributed by atoms with Crippen LogP contribution in [0.3, 0.4) is 0 Å². The third-order valence-electron chi connectivity index (χ3n) is 3.62. The van der Waals surface area contributed by atoms with Crippen molar-refractivity contribution in [3.05, 3.63) is 62.5 Å². The number of thiophene rings is 2. The summed E-state index contributed by atoms with van der Waals surface area (Å²) in [6.07, 6.45) is 0. The normalized spacial score (nSPS) is 11.2. The third kappa shape index (κ3) is 2.28. The molecule has 0 aliphatic carbocycles. The first-order valence-corrected chi connectivity index (χ1v) is 8.90. The number of hydrogen-bond acceptors (Lipinski definition) is 4. The molecule has 3 nitrogen and oxygen atoms in total. The molecule has 0 bridgehead atoms. The van der Waals surface area contributed by atoms with Crippen LogP contribution in [0.15, 0.2) is 52.6 Å². The summed E-state index contributed by atoms with van der Waals surface area (Å²) in [4.78, 5) is 16.5. The minimum absolute atomic E-state index is 0.0202. The lowest BCUT2D eigenvalue weighted by atomic mass is 10.0. The average Bonchev–Trinajstić information content (AvgIpc) is 3.16. The van der Waals surface area contributed by atoms with Crippen LogP contribution < -0.4 is 5.56 Å². The Bertz CT molecular complexity index is 1050. The van der Waals surface area contributed by atoms with Crippen molar-refractivity contribution in [1.29, 1.82) is 0 Å². The monoisotopic (exact) mass is 359 g/mol. The predicted molar refractivity (Wildman–Crippen MR) is 97.9 cm³/mol. The van der Waals surface area contributed by atoms with Gasteiger partial charge in [-0.2, -0.15) is 0 Å². The van der Waals surface area contributed by atoms with Gasteiger partial charge in [-0.05, 0) is 17.0 Å². The summed E-state index contributed by atoms with van der Waals surface area (Å²) in [7, 11) is 0. The number of H-pyrrole nitrogens is 1. The minimum Gasteiger partial charge on any atom is -0.506 e. The molecule has 114 valence electrons. The number of halogens is 1. The van der Waals surface area contributed by atoms with E-state index < -0.39 is 0 Å². The van der Waals surface area contributed by atoms with Gasteiger partial charge in [0.25, 0.3) is 5.56 Å². The number of aromatic hydroxyl groups is 1. The van der Waals surface area contributed by atoms with Crippen LogP contribution in [-0.4, -0.2) is 10.1 Å². The second-order valence-electron chi connectivity index (χ2n) is 4.98. The van der Waals surface area contributed by atoms with E-state index in [2.05, 4.69) is 4.98 Å². The number of aromatic amines is 1. The topological polar surface area (TPSA) is 53.1 Å². The summed E-state index contributed by atoms with van der Waals surface area (Å²) in [5, 5.41) is 13.3. The molecule has 3 heterocycles. The summed E-state index contributed by atoms with van der Waals surface area (Å²) >= 11 is 9.06. The van der Waals surface area contributed by atoms with E-state index in [1.807, 2.05) is 47.8 Å². The van der Waals surface area contributed by atoms with Crippen LogP contribution >= 0.6 is 34.3 Å². The molecule has 1 aromatic carbocycles. The molecule has 0 spiro atoms. The quantitative estimate of drug-likeness (QED) is 0.507. The van der Waals surface area contributed by atoms with Gasteiger partial charge in [-0.25, -0.2) is 0 Å². The van der Waals surface area contributed by atoms with Crippen molar-refractivity contribution < 1.29 is 5.11 Å². The van der Waals surface area contributed by atoms with Crippen LogP contribution in [0.5, 0.6) is 5.75 Å². The van der Waals surface area contributed by atoms with Crippen molar-refractivity contribution in [1.82, 2.24) is 4.98 Å². The molecule has 0 aliphatic rings. The highest BCUT2D eigenvalue weighted by Gasteiger charge is 2.22. The van der Waals surface area contributed by atoms with Crippen LogP contribution in [-0.2, 0) is 0 Å². The number of aromatic nitrogens is 1. The van der Waals surface area contributed by atoms with Gasteiger partial charge < -0.3 is 10.1 Å². The van der Waals surface area contributed by atoms with Crippen LogP contribution in [0.1, 0.15) is 0 Å². The van der Waals surface area contributed by atoms with Crippen LogP contribution in [0.2, 0.25) is 4.34 Å². The van der Waals surface area contributed by atoms with E-state index in [-0.39, 0.29) is 11.3 Å². The molecule has 0 saturated carbocycles. The molecule has 6 heteroatoms. The molecule has 0 radical (unpaired) electrons. The number of fused-ring (bicyclic) bond motifs is 1. The number of pyridine rings is 1. The van der Waals surface area contributed by atoms with Gasteiger partial charge in [0.15, 0.2) is 0 Å². The van der Waals surface area contributed by atoms with E-state index in [1.54, 1.807) is 0 Å². The molecule has 2 N–H and O–H groups in total. The Morgan fingerprint density at radius 3 is 2.52 bits per heavy atom. The molecule has 0 aliphatic heterocycles. The predicted octanol–water partition coefficient (Wildman–Crippen LogP) is 5.34. The molecule has 0 fully saturated rings. The average molecular weight is 360 g/mol. The Kier molecular flexibility index (Phi) is 3.49. The molecule has 0 atom stereocenters. The van der Waals surface area contributed by atoms with Gasteiger partial charge in [0.2, 0.25) is 0 Å². The van der Waals surface area contributed by atoms with Crippen molar-refractivity contribution in [2.45, 2.75) is 0 Å². The van der Waals surface area contributed by atoms with Gasteiger partial charge >= 0.3 is 0 Å². The Hall–Kier alpha value is -2.08. The highest BCUT2D eigenvalue weighted by Crippen LogP contribution is 2.47. The maximum Gasteiger partial charge on any atom is 0.261 e. The van der Waals surface area contributed by atoms with E-state index in [4.69, 9.17) is 11.6 Å². The molecule has 0 saturated heterocycles. The summed E-state index contributed by atoms with van der Waals surface area (Å²) < 4.78 is 0.542. The first-order chi connectivity index (χ1) is 11.2. The second-order valence-corrected chi connectivity index (χ2v) is 7.55. The molecule has 3 aromatic heterocycles. The van der Waals surface area contributed by atoms with E-state index in [0.717, 1.165) is 16.0 Å².